The molecule has 2 atom stereocenters. The number of nitrogens with one attached hydrogen (secondary N) is 2. The van der Waals surface area contributed by atoms with Crippen LogP contribution in [-0.2, 0) is 14.8 Å². The standard InChI is InChI=1S/C23H28F2N2O6S/c1-14(2)21(22(28)26-15(3)16-6-4-7-17(12-16)33-23(24)25)27-34(29,30)18-8-9-19-20(13-18)32-11-5-10-31-19/h4,6-9,12-15,21,23,27H,5,10-11H2,1-3H3,(H,26,28). The Kier molecular flexibility index (Phi) is 8.32. The summed E-state index contributed by atoms with van der Waals surface area (Å²) < 4.78 is 69.1. The van der Waals surface area contributed by atoms with Crippen LogP contribution in [0.2, 0.25) is 0 Å². The van der Waals surface area contributed by atoms with Crippen LogP contribution in [0.3, 0.4) is 0 Å². The number of hydrogen-bond acceptors (Lipinski definition) is 6. The number of rotatable bonds is 9. The van der Waals surface area contributed by atoms with Crippen LogP contribution in [0.4, 0.5) is 8.78 Å². The summed E-state index contributed by atoms with van der Waals surface area (Å²) >= 11 is 0. The van der Waals surface area contributed by atoms with Gasteiger partial charge in [-0.15, -0.1) is 0 Å². The molecule has 0 radical (unpaired) electrons. The molecule has 2 N–H and O–H groups in total. The maximum absolute atomic E-state index is 13.1. The number of hydrogen-bond donors (Lipinski definition) is 2. The summed E-state index contributed by atoms with van der Waals surface area (Å²) in [4.78, 5) is 12.9. The molecular formula is C23H28F2N2O6S. The fourth-order valence-electron chi connectivity index (χ4n) is 3.38. The Morgan fingerprint density at radius 2 is 1.74 bits per heavy atom. The SMILES string of the molecule is CC(NC(=O)C(NS(=O)(=O)c1ccc2c(c1)OCCCO2)C(C)C)c1cccc(OC(F)F)c1. The molecule has 0 bridgehead atoms. The lowest BCUT2D eigenvalue weighted by atomic mass is 10.0. The van der Waals surface area contributed by atoms with Crippen molar-refractivity contribution in [1.29, 1.82) is 0 Å². The smallest absolute Gasteiger partial charge is 0.387 e. The van der Waals surface area contributed by atoms with Gasteiger partial charge in [0.1, 0.15) is 11.8 Å². The Morgan fingerprint density at radius 1 is 1.03 bits per heavy atom. The van der Waals surface area contributed by atoms with E-state index in [4.69, 9.17) is 9.47 Å². The summed E-state index contributed by atoms with van der Waals surface area (Å²) in [7, 11) is -4.07. The second kappa shape index (κ2) is 11.0. The number of fused-ring (bicyclic) bond motifs is 1. The van der Waals surface area contributed by atoms with E-state index in [0.29, 0.717) is 36.7 Å². The lowest BCUT2D eigenvalue weighted by molar-refractivity contribution is -0.124. The minimum absolute atomic E-state index is 0.0379. The van der Waals surface area contributed by atoms with Gasteiger partial charge < -0.3 is 19.5 Å². The van der Waals surface area contributed by atoms with Gasteiger partial charge in [-0.2, -0.15) is 13.5 Å². The molecule has 0 aromatic heterocycles. The van der Waals surface area contributed by atoms with Crippen molar-refractivity contribution in [3.05, 3.63) is 48.0 Å². The molecule has 1 heterocycles. The molecule has 3 rings (SSSR count). The van der Waals surface area contributed by atoms with E-state index in [9.17, 15) is 22.0 Å². The monoisotopic (exact) mass is 498 g/mol. The van der Waals surface area contributed by atoms with Crippen molar-refractivity contribution in [1.82, 2.24) is 10.0 Å². The molecule has 186 valence electrons. The van der Waals surface area contributed by atoms with Crippen LogP contribution in [0.15, 0.2) is 47.4 Å². The van der Waals surface area contributed by atoms with Crippen LogP contribution in [0.1, 0.15) is 38.8 Å². The van der Waals surface area contributed by atoms with Gasteiger partial charge in [-0.25, -0.2) is 8.42 Å². The number of carbonyl (C=O) groups is 1. The third kappa shape index (κ3) is 6.57. The Balaban J connectivity index is 1.74. The van der Waals surface area contributed by atoms with Crippen molar-refractivity contribution < 1.29 is 36.2 Å². The van der Waals surface area contributed by atoms with Gasteiger partial charge in [0.05, 0.1) is 24.2 Å². The summed E-state index contributed by atoms with van der Waals surface area (Å²) in [5.74, 6) is -0.187. The largest absolute Gasteiger partial charge is 0.490 e. The first-order valence-electron chi connectivity index (χ1n) is 10.8. The molecule has 34 heavy (non-hydrogen) atoms. The van der Waals surface area contributed by atoms with Gasteiger partial charge in [0, 0.05) is 12.5 Å². The highest BCUT2D eigenvalue weighted by atomic mass is 32.2. The zero-order valence-electron chi connectivity index (χ0n) is 19.1. The van der Waals surface area contributed by atoms with Crippen LogP contribution in [0.25, 0.3) is 0 Å². The summed E-state index contributed by atoms with van der Waals surface area (Å²) in [6.45, 7) is 3.00. The van der Waals surface area contributed by atoms with E-state index >= 15 is 0 Å². The predicted molar refractivity (Wildman–Crippen MR) is 121 cm³/mol. The lowest BCUT2D eigenvalue weighted by Gasteiger charge is -2.24. The molecule has 1 amide bonds. The minimum atomic E-state index is -4.07. The van der Waals surface area contributed by atoms with Gasteiger partial charge in [0.15, 0.2) is 11.5 Å². The van der Waals surface area contributed by atoms with Crippen molar-refractivity contribution in [3.8, 4) is 17.2 Å². The Hall–Kier alpha value is -2.92. The third-order valence-electron chi connectivity index (χ3n) is 5.20. The van der Waals surface area contributed by atoms with Crippen molar-refractivity contribution in [3.63, 3.8) is 0 Å². The molecule has 0 spiro atoms. The molecule has 2 aromatic rings. The van der Waals surface area contributed by atoms with Crippen molar-refractivity contribution in [2.75, 3.05) is 13.2 Å². The molecule has 1 aliphatic rings. The summed E-state index contributed by atoms with van der Waals surface area (Å²) in [6, 6.07) is 8.57. The first-order chi connectivity index (χ1) is 16.1. The average Bonchev–Trinajstić information content (AvgIpc) is 3.02. The molecule has 0 fully saturated rings. The Labute approximate surface area is 197 Å². The van der Waals surface area contributed by atoms with Crippen LogP contribution < -0.4 is 24.2 Å². The van der Waals surface area contributed by atoms with E-state index in [0.717, 1.165) is 0 Å². The zero-order chi connectivity index (χ0) is 24.9. The van der Waals surface area contributed by atoms with Gasteiger partial charge in [-0.1, -0.05) is 26.0 Å². The molecular weight excluding hydrogens is 470 g/mol. The summed E-state index contributed by atoms with van der Waals surface area (Å²) in [5.41, 5.74) is 0.528. The number of alkyl halides is 2. The van der Waals surface area contributed by atoms with Crippen molar-refractivity contribution in [2.45, 2.75) is 50.8 Å². The molecule has 0 aliphatic carbocycles. The van der Waals surface area contributed by atoms with Crippen LogP contribution >= 0.6 is 0 Å². The molecule has 1 aliphatic heterocycles. The summed E-state index contributed by atoms with van der Waals surface area (Å²) in [6.07, 6.45) is 0.681. The van der Waals surface area contributed by atoms with Crippen molar-refractivity contribution in [2.24, 2.45) is 5.92 Å². The third-order valence-corrected chi connectivity index (χ3v) is 6.64. The highest BCUT2D eigenvalue weighted by Gasteiger charge is 2.30. The van der Waals surface area contributed by atoms with Crippen LogP contribution in [-0.4, -0.2) is 40.2 Å². The number of sulfonamides is 1. The van der Waals surface area contributed by atoms with E-state index in [1.54, 1.807) is 26.8 Å². The molecule has 0 saturated heterocycles. The van der Waals surface area contributed by atoms with Crippen molar-refractivity contribution >= 4 is 15.9 Å². The first-order valence-corrected chi connectivity index (χ1v) is 12.3. The topological polar surface area (TPSA) is 103 Å². The number of ether oxygens (including phenoxy) is 3. The maximum Gasteiger partial charge on any atom is 0.387 e. The highest BCUT2D eigenvalue weighted by molar-refractivity contribution is 7.89. The van der Waals surface area contributed by atoms with Gasteiger partial charge in [0.25, 0.3) is 0 Å². The fraction of sp³-hybridized carbons (Fsp3) is 0.435. The number of amides is 1. The molecule has 0 saturated carbocycles. The normalized spacial score (nSPS) is 15.5. The number of benzene rings is 2. The molecule has 11 heteroatoms. The van der Waals surface area contributed by atoms with Gasteiger partial charge in [0.2, 0.25) is 15.9 Å². The number of carbonyl (C=O) groups excluding carboxylic acids is 1. The van der Waals surface area contributed by atoms with Crippen LogP contribution in [0.5, 0.6) is 17.2 Å². The summed E-state index contributed by atoms with van der Waals surface area (Å²) in [5, 5.41) is 2.74. The Morgan fingerprint density at radius 3 is 2.41 bits per heavy atom. The van der Waals surface area contributed by atoms with E-state index in [1.165, 1.54) is 36.4 Å². The van der Waals surface area contributed by atoms with E-state index < -0.39 is 34.6 Å². The fourth-order valence-corrected chi connectivity index (χ4v) is 4.74. The average molecular weight is 499 g/mol. The predicted octanol–water partition coefficient (Wildman–Crippen LogP) is 3.63. The molecule has 2 aromatic carbocycles. The first kappa shape index (κ1) is 25.7. The number of halogens is 2. The van der Waals surface area contributed by atoms with E-state index in [-0.39, 0.29) is 16.6 Å². The lowest BCUT2D eigenvalue weighted by Crippen LogP contribution is -2.50. The second-order valence-electron chi connectivity index (χ2n) is 8.18. The quantitative estimate of drug-likeness (QED) is 0.547. The van der Waals surface area contributed by atoms with Gasteiger partial charge in [-0.05, 0) is 42.7 Å². The van der Waals surface area contributed by atoms with E-state index in [2.05, 4.69) is 14.8 Å². The highest BCUT2D eigenvalue weighted by Crippen LogP contribution is 2.32. The molecule has 8 nitrogen and oxygen atoms in total. The Bertz CT molecular complexity index is 1110. The second-order valence-corrected chi connectivity index (χ2v) is 9.90. The van der Waals surface area contributed by atoms with Gasteiger partial charge >= 0.3 is 6.61 Å². The molecule has 2 unspecified atom stereocenters. The van der Waals surface area contributed by atoms with Gasteiger partial charge in [-0.3, -0.25) is 4.79 Å². The zero-order valence-corrected chi connectivity index (χ0v) is 19.9. The minimum Gasteiger partial charge on any atom is -0.490 e. The van der Waals surface area contributed by atoms with Crippen LogP contribution in [0, 0.1) is 5.92 Å². The van der Waals surface area contributed by atoms with E-state index in [1.807, 2.05) is 0 Å². The maximum atomic E-state index is 13.1.